The largest absolute Gasteiger partial charge is 0.365 e. The van der Waals surface area contributed by atoms with Crippen LogP contribution in [0.2, 0.25) is 0 Å². The third kappa shape index (κ3) is 2.12. The molecule has 1 aliphatic rings. The molecule has 17 heavy (non-hydrogen) atoms. The van der Waals surface area contributed by atoms with E-state index in [9.17, 15) is 0 Å². The maximum atomic E-state index is 4.67. The van der Waals surface area contributed by atoms with E-state index >= 15 is 0 Å². The summed E-state index contributed by atoms with van der Waals surface area (Å²) in [5, 5.41) is 4.80. The Hall–Kier alpha value is -1.57. The number of benzene rings is 1. The Morgan fingerprint density at radius 3 is 2.65 bits per heavy atom. The third-order valence-electron chi connectivity index (χ3n) is 3.74. The fourth-order valence-electron chi connectivity index (χ4n) is 2.73. The van der Waals surface area contributed by atoms with Gasteiger partial charge in [0.1, 0.15) is 5.82 Å². The van der Waals surface area contributed by atoms with Gasteiger partial charge in [0.2, 0.25) is 0 Å². The van der Waals surface area contributed by atoms with Crippen molar-refractivity contribution in [3.05, 3.63) is 36.4 Å². The maximum absolute atomic E-state index is 4.67. The first-order valence-corrected chi connectivity index (χ1v) is 6.39. The number of hydrogen-bond acceptors (Lipinski definition) is 2. The van der Waals surface area contributed by atoms with Gasteiger partial charge >= 0.3 is 0 Å². The van der Waals surface area contributed by atoms with Crippen molar-refractivity contribution in [1.29, 1.82) is 0 Å². The van der Waals surface area contributed by atoms with Gasteiger partial charge in [-0.05, 0) is 38.0 Å². The highest BCUT2D eigenvalue weighted by Crippen LogP contribution is 2.32. The van der Waals surface area contributed by atoms with Gasteiger partial charge in [-0.15, -0.1) is 0 Å². The van der Waals surface area contributed by atoms with Crippen molar-refractivity contribution in [1.82, 2.24) is 4.98 Å². The molecule has 2 nitrogen and oxygen atoms in total. The van der Waals surface area contributed by atoms with E-state index in [4.69, 9.17) is 0 Å². The summed E-state index contributed by atoms with van der Waals surface area (Å²) in [7, 11) is 0. The summed E-state index contributed by atoms with van der Waals surface area (Å²) in [6, 6.07) is 12.5. The molecule has 1 aliphatic carbocycles. The van der Waals surface area contributed by atoms with E-state index in [2.05, 4.69) is 47.6 Å². The maximum Gasteiger partial charge on any atom is 0.127 e. The summed E-state index contributed by atoms with van der Waals surface area (Å²) in [6.45, 7) is 2.30. The molecule has 0 aliphatic heterocycles. The number of para-hydroxylation sites is 1. The van der Waals surface area contributed by atoms with Gasteiger partial charge in [-0.2, -0.15) is 0 Å². The van der Waals surface area contributed by atoms with Crippen LogP contribution in [0.4, 0.5) is 5.82 Å². The number of aromatic nitrogens is 1. The summed E-state index contributed by atoms with van der Waals surface area (Å²) in [5.41, 5.74) is 1.31. The van der Waals surface area contributed by atoms with E-state index in [1.807, 2.05) is 6.07 Å². The fourth-order valence-corrected chi connectivity index (χ4v) is 2.73. The molecule has 3 rings (SSSR count). The van der Waals surface area contributed by atoms with Crippen LogP contribution in [0.25, 0.3) is 10.9 Å². The molecule has 1 fully saturated rings. The third-order valence-corrected chi connectivity index (χ3v) is 3.74. The van der Waals surface area contributed by atoms with Crippen LogP contribution in [0.3, 0.4) is 0 Å². The Morgan fingerprint density at radius 1 is 1.06 bits per heavy atom. The van der Waals surface area contributed by atoms with Crippen molar-refractivity contribution < 1.29 is 0 Å². The lowest BCUT2D eigenvalue weighted by molar-refractivity contribution is 0.531. The minimum Gasteiger partial charge on any atom is -0.365 e. The summed E-state index contributed by atoms with van der Waals surface area (Å²) >= 11 is 0. The van der Waals surface area contributed by atoms with Gasteiger partial charge < -0.3 is 5.32 Å². The smallest absolute Gasteiger partial charge is 0.127 e. The van der Waals surface area contributed by atoms with Crippen molar-refractivity contribution in [2.24, 2.45) is 0 Å². The van der Waals surface area contributed by atoms with Gasteiger partial charge in [0, 0.05) is 10.9 Å². The Labute approximate surface area is 102 Å². The molecule has 1 aromatic heterocycles. The average Bonchev–Trinajstić information content (AvgIpc) is 2.76. The number of hydrogen-bond donors (Lipinski definition) is 1. The quantitative estimate of drug-likeness (QED) is 0.837. The second-order valence-electron chi connectivity index (χ2n) is 5.28. The highest BCUT2D eigenvalue weighted by atomic mass is 15.1. The number of pyridine rings is 1. The van der Waals surface area contributed by atoms with E-state index in [1.165, 1.54) is 31.1 Å². The van der Waals surface area contributed by atoms with Crippen LogP contribution in [0.1, 0.15) is 32.6 Å². The molecular weight excluding hydrogens is 208 g/mol. The van der Waals surface area contributed by atoms with Crippen LogP contribution in [0, 0.1) is 0 Å². The number of nitrogens with one attached hydrogen (secondary N) is 1. The van der Waals surface area contributed by atoms with E-state index in [0.717, 1.165) is 11.3 Å². The molecule has 0 spiro atoms. The Balaban J connectivity index is 1.90. The monoisotopic (exact) mass is 226 g/mol. The first-order chi connectivity index (χ1) is 8.25. The molecule has 2 heteroatoms. The molecule has 1 N–H and O–H groups in total. The SMILES string of the molecule is CC1(Nc2ccc3ccccc3n2)CCCC1. The van der Waals surface area contributed by atoms with Crippen molar-refractivity contribution in [2.75, 3.05) is 5.32 Å². The van der Waals surface area contributed by atoms with Crippen LogP contribution in [0.15, 0.2) is 36.4 Å². The topological polar surface area (TPSA) is 24.9 Å². The van der Waals surface area contributed by atoms with Crippen LogP contribution >= 0.6 is 0 Å². The molecule has 1 heterocycles. The number of fused-ring (bicyclic) bond motifs is 1. The molecule has 0 amide bonds. The van der Waals surface area contributed by atoms with E-state index in [-0.39, 0.29) is 5.54 Å². The molecule has 0 saturated heterocycles. The Bertz CT molecular complexity index is 527. The lowest BCUT2D eigenvalue weighted by atomic mass is 10.0. The van der Waals surface area contributed by atoms with Gasteiger partial charge in [-0.3, -0.25) is 0 Å². The zero-order valence-corrected chi connectivity index (χ0v) is 10.2. The number of nitrogens with zero attached hydrogens (tertiary/aromatic N) is 1. The normalized spacial score (nSPS) is 18.4. The summed E-state index contributed by atoms with van der Waals surface area (Å²) < 4.78 is 0. The highest BCUT2D eigenvalue weighted by molar-refractivity contribution is 5.80. The van der Waals surface area contributed by atoms with Crippen LogP contribution in [0.5, 0.6) is 0 Å². The molecule has 0 bridgehead atoms. The van der Waals surface area contributed by atoms with Gasteiger partial charge in [0.05, 0.1) is 5.52 Å². The predicted molar refractivity (Wildman–Crippen MR) is 72.2 cm³/mol. The minimum atomic E-state index is 0.245. The molecule has 0 atom stereocenters. The molecule has 88 valence electrons. The highest BCUT2D eigenvalue weighted by Gasteiger charge is 2.28. The number of anilines is 1. The molecule has 0 radical (unpaired) electrons. The molecule has 1 saturated carbocycles. The van der Waals surface area contributed by atoms with Crippen molar-refractivity contribution in [2.45, 2.75) is 38.1 Å². The van der Waals surface area contributed by atoms with E-state index in [1.54, 1.807) is 0 Å². The van der Waals surface area contributed by atoms with Gasteiger partial charge in [-0.25, -0.2) is 4.98 Å². The summed E-state index contributed by atoms with van der Waals surface area (Å²) in [6.07, 6.45) is 5.16. The van der Waals surface area contributed by atoms with Gasteiger partial charge in [-0.1, -0.05) is 31.0 Å². The second-order valence-corrected chi connectivity index (χ2v) is 5.28. The molecule has 0 unspecified atom stereocenters. The van der Waals surface area contributed by atoms with E-state index < -0.39 is 0 Å². The van der Waals surface area contributed by atoms with Crippen LogP contribution in [-0.2, 0) is 0 Å². The second kappa shape index (κ2) is 4.02. The zero-order chi connectivity index (χ0) is 11.7. The number of rotatable bonds is 2. The van der Waals surface area contributed by atoms with Crippen molar-refractivity contribution in [3.63, 3.8) is 0 Å². The lowest BCUT2D eigenvalue weighted by Crippen LogP contribution is -2.31. The molecule has 2 aromatic rings. The van der Waals surface area contributed by atoms with Crippen LogP contribution < -0.4 is 5.32 Å². The summed E-state index contributed by atoms with van der Waals surface area (Å²) in [5.74, 6) is 1.01. The molecule has 1 aromatic carbocycles. The van der Waals surface area contributed by atoms with Crippen molar-refractivity contribution >= 4 is 16.7 Å². The first kappa shape index (κ1) is 10.6. The summed E-state index contributed by atoms with van der Waals surface area (Å²) in [4.78, 5) is 4.67. The zero-order valence-electron chi connectivity index (χ0n) is 10.2. The lowest BCUT2D eigenvalue weighted by Gasteiger charge is -2.26. The van der Waals surface area contributed by atoms with E-state index in [0.29, 0.717) is 0 Å². The fraction of sp³-hybridized carbons (Fsp3) is 0.400. The van der Waals surface area contributed by atoms with Gasteiger partial charge in [0.15, 0.2) is 0 Å². The Kier molecular flexibility index (Phi) is 2.50. The van der Waals surface area contributed by atoms with Crippen LogP contribution in [-0.4, -0.2) is 10.5 Å². The average molecular weight is 226 g/mol. The minimum absolute atomic E-state index is 0.245. The van der Waals surface area contributed by atoms with Gasteiger partial charge in [0.25, 0.3) is 0 Å². The first-order valence-electron chi connectivity index (χ1n) is 6.39. The molecular formula is C15H18N2. The van der Waals surface area contributed by atoms with Crippen molar-refractivity contribution in [3.8, 4) is 0 Å². The Morgan fingerprint density at radius 2 is 1.82 bits per heavy atom. The predicted octanol–water partition coefficient (Wildman–Crippen LogP) is 3.98. The standard InChI is InChI=1S/C15H18N2/c1-15(10-4-5-11-15)17-14-9-8-12-6-2-3-7-13(12)16-14/h2-3,6-9H,4-5,10-11H2,1H3,(H,16,17).